The molecular weight excluding hydrogens is 234 g/mol. The van der Waals surface area contributed by atoms with E-state index in [0.29, 0.717) is 11.7 Å². The first-order valence-electron chi connectivity index (χ1n) is 5.78. The van der Waals surface area contributed by atoms with Gasteiger partial charge >= 0.3 is 0 Å². The van der Waals surface area contributed by atoms with Crippen molar-refractivity contribution in [2.75, 3.05) is 0 Å². The van der Waals surface area contributed by atoms with Crippen LogP contribution in [-0.4, -0.2) is 10.1 Å². The fourth-order valence-electron chi connectivity index (χ4n) is 1.51. The van der Waals surface area contributed by atoms with E-state index in [0.717, 1.165) is 17.7 Å². The molecule has 2 aromatic rings. The van der Waals surface area contributed by atoms with Crippen molar-refractivity contribution in [3.05, 3.63) is 22.8 Å². The Hall–Kier alpha value is -1.20. The van der Waals surface area contributed by atoms with Crippen LogP contribution < -0.4 is 5.73 Å². The lowest BCUT2D eigenvalue weighted by Gasteiger charge is -2.16. The van der Waals surface area contributed by atoms with E-state index in [9.17, 15) is 0 Å². The number of hydrogen-bond donors (Lipinski definition) is 1. The second-order valence-corrected chi connectivity index (χ2v) is 5.24. The summed E-state index contributed by atoms with van der Waals surface area (Å²) in [6.45, 7) is 6.04. The Balaban J connectivity index is 2.36. The lowest BCUT2D eigenvalue weighted by atomic mass is 10.0. The minimum atomic E-state index is -0.522. The predicted octanol–water partition coefficient (Wildman–Crippen LogP) is 2.94. The van der Waals surface area contributed by atoms with Crippen molar-refractivity contribution < 1.29 is 4.52 Å². The van der Waals surface area contributed by atoms with Gasteiger partial charge in [-0.2, -0.15) is 4.98 Å². The Kier molecular flexibility index (Phi) is 3.31. The van der Waals surface area contributed by atoms with Crippen LogP contribution in [0.1, 0.15) is 38.6 Å². The molecule has 0 bridgehead atoms. The molecule has 5 heteroatoms. The summed E-state index contributed by atoms with van der Waals surface area (Å²) in [7, 11) is 0. The van der Waals surface area contributed by atoms with Crippen LogP contribution in [0.15, 0.2) is 16.0 Å². The van der Waals surface area contributed by atoms with Crippen LogP contribution in [0.2, 0.25) is 0 Å². The van der Waals surface area contributed by atoms with Gasteiger partial charge in [0.25, 0.3) is 5.89 Å². The van der Waals surface area contributed by atoms with Crippen LogP contribution in [0.3, 0.4) is 0 Å². The SMILES string of the molecule is CCc1ccsc1-c1nc(C(C)(N)CC)no1. The molecule has 17 heavy (non-hydrogen) atoms. The molecule has 2 N–H and O–H groups in total. The van der Waals surface area contributed by atoms with E-state index in [-0.39, 0.29) is 0 Å². The van der Waals surface area contributed by atoms with Crippen molar-refractivity contribution >= 4 is 11.3 Å². The number of hydrogen-bond acceptors (Lipinski definition) is 5. The Morgan fingerprint density at radius 3 is 2.88 bits per heavy atom. The summed E-state index contributed by atoms with van der Waals surface area (Å²) in [5.74, 6) is 1.16. The predicted molar refractivity (Wildman–Crippen MR) is 68.8 cm³/mol. The number of nitrogens with two attached hydrogens (primary N) is 1. The second-order valence-electron chi connectivity index (χ2n) is 4.32. The van der Waals surface area contributed by atoms with Gasteiger partial charge in [0.2, 0.25) is 0 Å². The van der Waals surface area contributed by atoms with Crippen LogP contribution in [0.25, 0.3) is 10.8 Å². The smallest absolute Gasteiger partial charge is 0.268 e. The highest BCUT2D eigenvalue weighted by Crippen LogP contribution is 2.30. The van der Waals surface area contributed by atoms with Crippen molar-refractivity contribution in [1.29, 1.82) is 0 Å². The standard InChI is InChI=1S/C12H17N3OS/c1-4-8-6-7-17-9(8)10-14-11(15-16-10)12(3,13)5-2/h6-7H,4-5,13H2,1-3H3. The maximum atomic E-state index is 6.09. The molecule has 0 saturated heterocycles. The molecule has 0 spiro atoms. The van der Waals surface area contributed by atoms with Crippen LogP contribution in [-0.2, 0) is 12.0 Å². The normalized spacial score (nSPS) is 14.8. The highest BCUT2D eigenvalue weighted by molar-refractivity contribution is 7.13. The zero-order valence-corrected chi connectivity index (χ0v) is 11.2. The van der Waals surface area contributed by atoms with Gasteiger partial charge in [-0.15, -0.1) is 11.3 Å². The lowest BCUT2D eigenvalue weighted by Crippen LogP contribution is -2.33. The molecule has 4 nitrogen and oxygen atoms in total. The fourth-order valence-corrected chi connectivity index (χ4v) is 2.42. The van der Waals surface area contributed by atoms with E-state index in [1.807, 2.05) is 19.2 Å². The van der Waals surface area contributed by atoms with Gasteiger partial charge in [0.1, 0.15) is 0 Å². The average molecular weight is 251 g/mol. The van der Waals surface area contributed by atoms with E-state index in [2.05, 4.69) is 23.1 Å². The molecule has 0 radical (unpaired) electrons. The van der Waals surface area contributed by atoms with Crippen molar-refractivity contribution in [3.63, 3.8) is 0 Å². The Morgan fingerprint density at radius 2 is 2.24 bits per heavy atom. The largest absolute Gasteiger partial charge is 0.333 e. The van der Waals surface area contributed by atoms with E-state index in [1.165, 1.54) is 5.56 Å². The summed E-state index contributed by atoms with van der Waals surface area (Å²) < 4.78 is 5.31. The molecule has 92 valence electrons. The summed E-state index contributed by atoms with van der Waals surface area (Å²) in [5, 5.41) is 6.03. The van der Waals surface area contributed by atoms with E-state index < -0.39 is 5.54 Å². The van der Waals surface area contributed by atoms with Crippen LogP contribution in [0.5, 0.6) is 0 Å². The van der Waals surface area contributed by atoms with Gasteiger partial charge in [-0.05, 0) is 36.8 Å². The van der Waals surface area contributed by atoms with Gasteiger partial charge in [0.05, 0.1) is 10.4 Å². The summed E-state index contributed by atoms with van der Waals surface area (Å²) in [5.41, 5.74) is 6.81. The Morgan fingerprint density at radius 1 is 1.47 bits per heavy atom. The van der Waals surface area contributed by atoms with Crippen molar-refractivity contribution in [1.82, 2.24) is 10.1 Å². The molecule has 2 aromatic heterocycles. The molecule has 2 heterocycles. The van der Waals surface area contributed by atoms with Gasteiger partial charge in [0, 0.05) is 0 Å². The molecule has 1 unspecified atom stereocenters. The molecule has 0 saturated carbocycles. The van der Waals surface area contributed by atoms with Gasteiger partial charge in [-0.3, -0.25) is 0 Å². The molecule has 0 fully saturated rings. The molecule has 0 amide bonds. The van der Waals surface area contributed by atoms with E-state index in [1.54, 1.807) is 11.3 Å². The molecule has 0 aliphatic carbocycles. The molecule has 0 aliphatic heterocycles. The Bertz CT molecular complexity index is 501. The van der Waals surface area contributed by atoms with Gasteiger partial charge in [-0.1, -0.05) is 19.0 Å². The highest BCUT2D eigenvalue weighted by atomic mass is 32.1. The summed E-state index contributed by atoms with van der Waals surface area (Å²) >= 11 is 1.62. The monoisotopic (exact) mass is 251 g/mol. The van der Waals surface area contributed by atoms with Gasteiger partial charge in [-0.25, -0.2) is 0 Å². The quantitative estimate of drug-likeness (QED) is 0.907. The first kappa shape index (κ1) is 12.3. The third-order valence-electron chi connectivity index (χ3n) is 2.99. The van der Waals surface area contributed by atoms with Crippen LogP contribution >= 0.6 is 11.3 Å². The first-order chi connectivity index (χ1) is 8.08. The number of rotatable bonds is 4. The molecule has 0 aliphatic rings. The van der Waals surface area contributed by atoms with Crippen molar-refractivity contribution in [2.24, 2.45) is 5.73 Å². The van der Waals surface area contributed by atoms with Crippen LogP contribution in [0.4, 0.5) is 0 Å². The lowest BCUT2D eigenvalue weighted by molar-refractivity contribution is 0.379. The second kappa shape index (κ2) is 4.58. The minimum absolute atomic E-state index is 0.522. The van der Waals surface area contributed by atoms with E-state index in [4.69, 9.17) is 10.3 Å². The zero-order valence-electron chi connectivity index (χ0n) is 10.4. The van der Waals surface area contributed by atoms with E-state index >= 15 is 0 Å². The molecular formula is C12H17N3OS. The summed E-state index contributed by atoms with van der Waals surface area (Å²) in [6, 6.07) is 2.09. The molecule has 1 atom stereocenters. The third-order valence-corrected chi connectivity index (χ3v) is 3.94. The zero-order chi connectivity index (χ0) is 12.5. The summed E-state index contributed by atoms with van der Waals surface area (Å²) in [4.78, 5) is 5.47. The molecule has 0 aromatic carbocycles. The Labute approximate surface area is 105 Å². The van der Waals surface area contributed by atoms with Crippen LogP contribution in [0, 0.1) is 0 Å². The van der Waals surface area contributed by atoms with Crippen molar-refractivity contribution in [2.45, 2.75) is 39.2 Å². The number of aryl methyl sites for hydroxylation is 1. The van der Waals surface area contributed by atoms with Gasteiger partial charge in [0.15, 0.2) is 5.82 Å². The summed E-state index contributed by atoms with van der Waals surface area (Å²) in [6.07, 6.45) is 1.74. The number of thiophene rings is 1. The third kappa shape index (κ3) is 2.25. The maximum absolute atomic E-state index is 6.09. The highest BCUT2D eigenvalue weighted by Gasteiger charge is 2.26. The average Bonchev–Trinajstić information content (AvgIpc) is 2.96. The topological polar surface area (TPSA) is 64.9 Å². The minimum Gasteiger partial charge on any atom is -0.333 e. The fraction of sp³-hybridized carbons (Fsp3) is 0.500. The number of aromatic nitrogens is 2. The molecule has 2 rings (SSSR count). The first-order valence-corrected chi connectivity index (χ1v) is 6.66. The maximum Gasteiger partial charge on any atom is 0.268 e. The van der Waals surface area contributed by atoms with Crippen molar-refractivity contribution in [3.8, 4) is 10.8 Å². The van der Waals surface area contributed by atoms with Gasteiger partial charge < -0.3 is 10.3 Å². The number of nitrogens with zero attached hydrogens (tertiary/aromatic N) is 2.